The Hall–Kier alpha value is -1.59. The summed E-state index contributed by atoms with van der Waals surface area (Å²) in [6.45, 7) is 0. The molecule has 0 unspecified atom stereocenters. The van der Waals surface area contributed by atoms with E-state index < -0.39 is 27.5 Å². The summed E-state index contributed by atoms with van der Waals surface area (Å²) in [5, 5.41) is 17.7. The molecule has 0 spiro atoms. The third-order valence-corrected chi connectivity index (χ3v) is 7.73. The van der Waals surface area contributed by atoms with E-state index in [0.29, 0.717) is 6.08 Å². The van der Waals surface area contributed by atoms with Crippen LogP contribution >= 0.6 is 50.5 Å². The summed E-state index contributed by atoms with van der Waals surface area (Å²) in [4.78, 5) is 22.3. The zero-order chi connectivity index (χ0) is 19.6. The number of carbonyl (C=O) groups excluding carboxylic acids is 1. The first-order valence-electron chi connectivity index (χ1n) is 6.47. The van der Waals surface area contributed by atoms with Crippen LogP contribution in [0.2, 0.25) is 8.67 Å². The second kappa shape index (κ2) is 7.97. The molecule has 2 aromatic rings. The highest BCUT2D eigenvalue weighted by molar-refractivity contribution is 9.10. The summed E-state index contributed by atoms with van der Waals surface area (Å²) >= 11 is 15.7. The van der Waals surface area contributed by atoms with E-state index in [-0.39, 0.29) is 29.3 Å². The molecule has 7 nitrogen and oxygen atoms in total. The van der Waals surface area contributed by atoms with Crippen molar-refractivity contribution in [1.29, 1.82) is 0 Å². The Morgan fingerprint density at radius 1 is 1.19 bits per heavy atom. The molecule has 0 fully saturated rings. The molecular formula is C14H8BrCl2NO6S2. The molecule has 26 heavy (non-hydrogen) atoms. The molecule has 0 saturated heterocycles. The normalized spacial score (nSPS) is 12.0. The van der Waals surface area contributed by atoms with Gasteiger partial charge in [0.1, 0.15) is 13.6 Å². The molecule has 0 radical (unpaired) electrons. The van der Waals surface area contributed by atoms with Crippen molar-refractivity contribution in [3.63, 3.8) is 0 Å². The summed E-state index contributed by atoms with van der Waals surface area (Å²) in [6.07, 6.45) is 0.516. The number of hydrogen-bond donors (Lipinski definition) is 3. The molecule has 138 valence electrons. The van der Waals surface area contributed by atoms with Gasteiger partial charge < -0.3 is 10.2 Å². The van der Waals surface area contributed by atoms with E-state index in [1.807, 2.05) is 0 Å². The SMILES string of the molecule is O=C(O)/C(O)=C\C(=O)c1cccc(NS(=O)(=O)c2c(Cl)sc(Cl)c2Br)c1. The van der Waals surface area contributed by atoms with Gasteiger partial charge in [-0.05, 0) is 28.1 Å². The molecule has 0 bridgehead atoms. The minimum Gasteiger partial charge on any atom is -0.502 e. The van der Waals surface area contributed by atoms with Crippen LogP contribution in [0, 0.1) is 0 Å². The molecule has 12 heteroatoms. The maximum Gasteiger partial charge on any atom is 0.371 e. The lowest BCUT2D eigenvalue weighted by Gasteiger charge is -2.09. The molecule has 0 atom stereocenters. The first-order chi connectivity index (χ1) is 12.0. The van der Waals surface area contributed by atoms with E-state index in [1.165, 1.54) is 24.3 Å². The van der Waals surface area contributed by atoms with Crippen molar-refractivity contribution in [2.45, 2.75) is 4.90 Å². The number of rotatable bonds is 6. The van der Waals surface area contributed by atoms with Gasteiger partial charge in [-0.25, -0.2) is 13.2 Å². The Balaban J connectivity index is 2.35. The molecule has 1 aromatic carbocycles. The molecule has 0 aliphatic carbocycles. The number of carbonyl (C=O) groups is 2. The number of aliphatic hydroxyl groups excluding tert-OH is 1. The van der Waals surface area contributed by atoms with Crippen molar-refractivity contribution >= 4 is 77.9 Å². The van der Waals surface area contributed by atoms with Gasteiger partial charge in [0, 0.05) is 17.3 Å². The number of thiophene rings is 1. The van der Waals surface area contributed by atoms with Crippen molar-refractivity contribution in [2.75, 3.05) is 4.72 Å². The van der Waals surface area contributed by atoms with Crippen LogP contribution in [0.25, 0.3) is 0 Å². The lowest BCUT2D eigenvalue weighted by Crippen LogP contribution is -2.13. The number of benzene rings is 1. The highest BCUT2D eigenvalue weighted by atomic mass is 79.9. The van der Waals surface area contributed by atoms with E-state index in [0.717, 1.165) is 11.3 Å². The first-order valence-corrected chi connectivity index (χ1v) is 10.3. The fourth-order valence-electron chi connectivity index (χ4n) is 1.78. The molecule has 1 heterocycles. The minimum atomic E-state index is -4.11. The molecule has 0 aliphatic rings. The third-order valence-electron chi connectivity index (χ3n) is 2.88. The number of nitrogens with one attached hydrogen (secondary N) is 1. The van der Waals surface area contributed by atoms with Crippen LogP contribution in [-0.4, -0.2) is 30.4 Å². The number of aliphatic carboxylic acids is 1. The number of allylic oxidation sites excluding steroid dienone is 1. The van der Waals surface area contributed by atoms with Gasteiger partial charge in [-0.2, -0.15) is 0 Å². The van der Waals surface area contributed by atoms with Crippen LogP contribution in [0.15, 0.2) is 45.5 Å². The highest BCUT2D eigenvalue weighted by Gasteiger charge is 2.26. The van der Waals surface area contributed by atoms with Crippen LogP contribution in [0.5, 0.6) is 0 Å². The van der Waals surface area contributed by atoms with Gasteiger partial charge in [-0.1, -0.05) is 35.3 Å². The summed E-state index contributed by atoms with van der Waals surface area (Å²) in [6, 6.07) is 5.27. The van der Waals surface area contributed by atoms with Crippen molar-refractivity contribution in [3.05, 3.63) is 54.8 Å². The Kier molecular flexibility index (Phi) is 6.35. The molecule has 0 amide bonds. The maximum atomic E-state index is 12.5. The Morgan fingerprint density at radius 3 is 2.38 bits per heavy atom. The fourth-order valence-corrected chi connectivity index (χ4v) is 6.39. The highest BCUT2D eigenvalue weighted by Crippen LogP contribution is 2.43. The minimum absolute atomic E-state index is 0.0318. The van der Waals surface area contributed by atoms with E-state index in [2.05, 4.69) is 20.7 Å². The number of carboxylic acid groups (broad SMARTS) is 1. The largest absolute Gasteiger partial charge is 0.502 e. The fraction of sp³-hybridized carbons (Fsp3) is 0. The Bertz CT molecular complexity index is 1030. The Morgan fingerprint density at radius 2 is 1.85 bits per heavy atom. The summed E-state index contributed by atoms with van der Waals surface area (Å²) in [5.74, 6) is -3.61. The monoisotopic (exact) mass is 499 g/mol. The van der Waals surface area contributed by atoms with Crippen molar-refractivity contribution in [2.24, 2.45) is 0 Å². The predicted octanol–water partition coefficient (Wildman–Crippen LogP) is 4.33. The van der Waals surface area contributed by atoms with Gasteiger partial charge in [0.15, 0.2) is 5.78 Å². The van der Waals surface area contributed by atoms with E-state index in [1.54, 1.807) is 0 Å². The number of halogens is 3. The van der Waals surface area contributed by atoms with E-state index in [4.69, 9.17) is 33.4 Å². The average Bonchev–Trinajstić information content (AvgIpc) is 2.80. The van der Waals surface area contributed by atoms with Gasteiger partial charge in [-0.15, -0.1) is 11.3 Å². The first kappa shape index (κ1) is 20.7. The summed E-state index contributed by atoms with van der Waals surface area (Å²) in [5.41, 5.74) is -0.00383. The molecule has 1 aromatic heterocycles. The van der Waals surface area contributed by atoms with Crippen LogP contribution in [-0.2, 0) is 14.8 Å². The van der Waals surface area contributed by atoms with Crippen LogP contribution in [0.3, 0.4) is 0 Å². The van der Waals surface area contributed by atoms with Gasteiger partial charge in [0.05, 0.1) is 4.47 Å². The number of anilines is 1. The van der Waals surface area contributed by atoms with Crippen LogP contribution < -0.4 is 4.72 Å². The standard InChI is InChI=1S/C14H8BrCl2NO6S2/c15-10-11(13(17)25-12(10)16)26(23,24)18-7-3-1-2-6(4-7)8(19)5-9(20)14(21)22/h1-5,18,20H,(H,21,22)/b9-5+. The zero-order valence-electron chi connectivity index (χ0n) is 12.4. The quantitative estimate of drug-likeness (QED) is 0.308. The van der Waals surface area contributed by atoms with Gasteiger partial charge in [-0.3, -0.25) is 9.52 Å². The van der Waals surface area contributed by atoms with Gasteiger partial charge in [0.25, 0.3) is 10.0 Å². The zero-order valence-corrected chi connectivity index (χ0v) is 17.1. The van der Waals surface area contributed by atoms with Crippen molar-refractivity contribution in [3.8, 4) is 0 Å². The third kappa shape index (κ3) is 4.57. The number of hydrogen-bond acceptors (Lipinski definition) is 6. The molecule has 0 saturated carbocycles. The lowest BCUT2D eigenvalue weighted by molar-refractivity contribution is -0.135. The number of ketones is 1. The summed E-state index contributed by atoms with van der Waals surface area (Å²) in [7, 11) is -4.11. The predicted molar refractivity (Wildman–Crippen MR) is 102 cm³/mol. The van der Waals surface area contributed by atoms with Crippen molar-refractivity contribution < 1.29 is 28.2 Å². The molecule has 0 aliphatic heterocycles. The van der Waals surface area contributed by atoms with Gasteiger partial charge in [0.2, 0.25) is 5.76 Å². The summed E-state index contributed by atoms with van der Waals surface area (Å²) < 4.78 is 27.5. The van der Waals surface area contributed by atoms with Gasteiger partial charge >= 0.3 is 5.97 Å². The smallest absolute Gasteiger partial charge is 0.371 e. The second-order valence-electron chi connectivity index (χ2n) is 4.68. The maximum absolute atomic E-state index is 12.5. The van der Waals surface area contributed by atoms with Crippen LogP contribution in [0.4, 0.5) is 5.69 Å². The molecule has 3 N–H and O–H groups in total. The number of aliphatic hydroxyl groups is 1. The second-order valence-corrected chi connectivity index (χ2v) is 9.31. The average molecular weight is 501 g/mol. The molecule has 2 rings (SSSR count). The molecular weight excluding hydrogens is 493 g/mol. The van der Waals surface area contributed by atoms with E-state index in [9.17, 15) is 18.0 Å². The van der Waals surface area contributed by atoms with Crippen LogP contribution in [0.1, 0.15) is 10.4 Å². The van der Waals surface area contributed by atoms with Crippen molar-refractivity contribution in [1.82, 2.24) is 0 Å². The lowest BCUT2D eigenvalue weighted by atomic mass is 10.1. The number of carboxylic acids is 1. The van der Waals surface area contributed by atoms with E-state index >= 15 is 0 Å². The topological polar surface area (TPSA) is 121 Å². The number of sulfonamides is 1. The Labute approximate surface area is 170 Å².